The molecule has 0 unspecified atom stereocenters. The molecule has 1 aromatic carbocycles. The number of rotatable bonds is 7. The van der Waals surface area contributed by atoms with Crippen molar-refractivity contribution in [2.24, 2.45) is 0 Å². The van der Waals surface area contributed by atoms with E-state index in [1.54, 1.807) is 0 Å². The Hall–Kier alpha value is -3.19. The van der Waals surface area contributed by atoms with Gasteiger partial charge in [-0.05, 0) is 93.4 Å². The molecule has 0 radical (unpaired) electrons. The average Bonchev–Trinajstić information content (AvgIpc) is 3.28. The lowest BCUT2D eigenvalue weighted by Gasteiger charge is -2.28. The van der Waals surface area contributed by atoms with Crippen molar-refractivity contribution in [2.45, 2.75) is 52.6 Å². The third-order valence-electron chi connectivity index (χ3n) is 6.46. The van der Waals surface area contributed by atoms with E-state index in [1.807, 2.05) is 24.4 Å². The number of ether oxygens (including phenoxy) is 1. The lowest BCUT2D eigenvalue weighted by atomic mass is 9.96. The van der Waals surface area contributed by atoms with E-state index in [9.17, 15) is 4.79 Å². The summed E-state index contributed by atoms with van der Waals surface area (Å²) in [7, 11) is 1.42. The van der Waals surface area contributed by atoms with E-state index >= 15 is 0 Å². The number of nitrogens with zero attached hydrogens (tertiary/aromatic N) is 3. The third kappa shape index (κ3) is 4.71. The first kappa shape index (κ1) is 24.0. The van der Waals surface area contributed by atoms with E-state index in [2.05, 4.69) is 71.7 Å². The van der Waals surface area contributed by atoms with Crippen LogP contribution in [-0.4, -0.2) is 39.2 Å². The quantitative estimate of drug-likeness (QED) is 0.381. The first-order valence-electron chi connectivity index (χ1n) is 11.6. The van der Waals surface area contributed by atoms with Gasteiger partial charge in [-0.1, -0.05) is 12.1 Å². The second-order valence-electron chi connectivity index (χ2n) is 9.01. The lowest BCUT2D eigenvalue weighted by molar-refractivity contribution is -0.140. The number of esters is 1. The molecular weight excluding hydrogens is 444 g/mol. The maximum absolute atomic E-state index is 11.7. The number of methoxy groups -OCH3 is 1. The fourth-order valence-electron chi connectivity index (χ4n) is 5.04. The van der Waals surface area contributed by atoms with Crippen LogP contribution in [0.15, 0.2) is 48.7 Å². The number of carbonyl (C=O) groups is 1. The first-order valence-corrected chi connectivity index (χ1v) is 12.0. The Morgan fingerprint density at radius 2 is 1.85 bits per heavy atom. The molecule has 4 rings (SSSR count). The number of thiocarbonyl (C=S) groups is 1. The molecule has 1 aliphatic rings. The standard InChI is InChI=1S/C27H32N4O2S/c1-17-13-18(2)15-21(14-17)31-19(3)16-22(20(31)4)26-25(23-9-6-7-11-28-23)29-27(34)30(26)12-8-10-24(32)33-5/h6-7,9,11,13-16,25-26H,8,10,12H2,1-5H3,(H,29,34)/t25-,26-/m1/s1. The summed E-state index contributed by atoms with van der Waals surface area (Å²) in [5, 5.41) is 4.19. The van der Waals surface area contributed by atoms with Crippen LogP contribution >= 0.6 is 12.2 Å². The van der Waals surface area contributed by atoms with Gasteiger partial charge in [0.1, 0.15) is 0 Å². The van der Waals surface area contributed by atoms with Crippen LogP contribution < -0.4 is 5.32 Å². The number of hydrogen-bond acceptors (Lipinski definition) is 4. The zero-order valence-electron chi connectivity index (χ0n) is 20.5. The monoisotopic (exact) mass is 476 g/mol. The summed E-state index contributed by atoms with van der Waals surface area (Å²) in [5.74, 6) is -0.205. The molecule has 1 N–H and O–H groups in total. The molecule has 1 saturated heterocycles. The van der Waals surface area contributed by atoms with Gasteiger partial charge >= 0.3 is 5.97 Å². The summed E-state index contributed by atoms with van der Waals surface area (Å²) in [6.45, 7) is 9.23. The van der Waals surface area contributed by atoms with Gasteiger partial charge in [-0.15, -0.1) is 0 Å². The molecule has 2 atom stereocenters. The zero-order chi connectivity index (χ0) is 24.4. The van der Waals surface area contributed by atoms with E-state index in [-0.39, 0.29) is 18.1 Å². The molecule has 0 spiro atoms. The minimum atomic E-state index is -0.205. The van der Waals surface area contributed by atoms with Gasteiger partial charge in [-0.3, -0.25) is 9.78 Å². The van der Waals surface area contributed by atoms with E-state index in [4.69, 9.17) is 17.0 Å². The highest BCUT2D eigenvalue weighted by atomic mass is 32.1. The molecule has 0 amide bonds. The minimum Gasteiger partial charge on any atom is -0.469 e. The van der Waals surface area contributed by atoms with Crippen LogP contribution in [-0.2, 0) is 9.53 Å². The number of nitrogens with one attached hydrogen (secondary N) is 1. The van der Waals surface area contributed by atoms with Gasteiger partial charge in [0.25, 0.3) is 0 Å². The molecule has 178 valence electrons. The summed E-state index contributed by atoms with van der Waals surface area (Å²) >= 11 is 5.78. The van der Waals surface area contributed by atoms with Crippen molar-refractivity contribution < 1.29 is 9.53 Å². The van der Waals surface area contributed by atoms with Crippen molar-refractivity contribution in [1.29, 1.82) is 0 Å². The molecule has 3 aromatic rings. The van der Waals surface area contributed by atoms with Gasteiger partial charge in [0.05, 0.1) is 24.9 Å². The van der Waals surface area contributed by atoms with Gasteiger partial charge in [0.15, 0.2) is 5.11 Å². The van der Waals surface area contributed by atoms with E-state index in [1.165, 1.54) is 40.9 Å². The SMILES string of the molecule is COC(=O)CCCN1C(=S)N[C@H](c2ccccn2)[C@H]1c1cc(C)n(-c2cc(C)cc(C)c2)c1C. The van der Waals surface area contributed by atoms with Crippen LogP contribution in [0.4, 0.5) is 0 Å². The van der Waals surface area contributed by atoms with Crippen LogP contribution in [0.25, 0.3) is 5.69 Å². The van der Waals surface area contributed by atoms with Crippen LogP contribution in [0.3, 0.4) is 0 Å². The molecule has 3 heterocycles. The lowest BCUT2D eigenvalue weighted by Crippen LogP contribution is -2.31. The fourth-order valence-corrected chi connectivity index (χ4v) is 5.38. The summed E-state index contributed by atoms with van der Waals surface area (Å²) < 4.78 is 7.15. The van der Waals surface area contributed by atoms with Crippen molar-refractivity contribution >= 4 is 23.3 Å². The molecule has 7 heteroatoms. The predicted octanol–water partition coefficient (Wildman–Crippen LogP) is 5.03. The number of hydrogen-bond donors (Lipinski definition) is 1. The van der Waals surface area contributed by atoms with Crippen LogP contribution in [0.5, 0.6) is 0 Å². The van der Waals surface area contributed by atoms with Gasteiger partial charge in [-0.2, -0.15) is 0 Å². The van der Waals surface area contributed by atoms with Crippen molar-refractivity contribution in [1.82, 2.24) is 19.8 Å². The molecule has 2 aromatic heterocycles. The summed E-state index contributed by atoms with van der Waals surface area (Å²) in [6.07, 6.45) is 2.84. The molecule has 0 bridgehead atoms. The van der Waals surface area contributed by atoms with Gasteiger partial charge in [-0.25, -0.2) is 0 Å². The minimum absolute atomic E-state index is 0.0362. The maximum Gasteiger partial charge on any atom is 0.305 e. The molecule has 1 aliphatic heterocycles. The Labute approximate surface area is 207 Å². The van der Waals surface area contributed by atoms with Gasteiger partial charge in [0, 0.05) is 36.2 Å². The van der Waals surface area contributed by atoms with E-state index in [0.29, 0.717) is 24.5 Å². The summed E-state index contributed by atoms with van der Waals surface area (Å²) in [6, 6.07) is 14.7. The highest BCUT2D eigenvalue weighted by Gasteiger charge is 2.41. The third-order valence-corrected chi connectivity index (χ3v) is 6.81. The molecule has 1 fully saturated rings. The van der Waals surface area contributed by atoms with Gasteiger partial charge < -0.3 is 19.5 Å². The van der Waals surface area contributed by atoms with Crippen molar-refractivity contribution in [3.8, 4) is 5.69 Å². The zero-order valence-corrected chi connectivity index (χ0v) is 21.3. The molecule has 0 aliphatic carbocycles. The number of pyridine rings is 1. The van der Waals surface area contributed by atoms with Crippen LogP contribution in [0.2, 0.25) is 0 Å². The Kier molecular flexibility index (Phi) is 7.03. The second kappa shape index (κ2) is 9.97. The Bertz CT molecular complexity index is 1180. The highest BCUT2D eigenvalue weighted by Crippen LogP contribution is 2.41. The smallest absolute Gasteiger partial charge is 0.305 e. The number of benzene rings is 1. The number of aromatic nitrogens is 2. The number of aryl methyl sites for hydroxylation is 3. The van der Waals surface area contributed by atoms with Crippen LogP contribution in [0.1, 0.15) is 58.7 Å². The average molecular weight is 477 g/mol. The largest absolute Gasteiger partial charge is 0.469 e. The molecule has 34 heavy (non-hydrogen) atoms. The first-order chi connectivity index (χ1) is 16.3. The number of carbonyl (C=O) groups excluding carboxylic acids is 1. The Morgan fingerprint density at radius 3 is 2.50 bits per heavy atom. The van der Waals surface area contributed by atoms with E-state index in [0.717, 1.165) is 5.69 Å². The van der Waals surface area contributed by atoms with Crippen LogP contribution in [0, 0.1) is 27.7 Å². The normalized spacial score (nSPS) is 17.7. The van der Waals surface area contributed by atoms with Gasteiger partial charge in [0.2, 0.25) is 0 Å². The summed E-state index contributed by atoms with van der Waals surface area (Å²) in [4.78, 5) is 18.6. The van der Waals surface area contributed by atoms with Crippen molar-refractivity contribution in [2.75, 3.05) is 13.7 Å². The predicted molar refractivity (Wildman–Crippen MR) is 138 cm³/mol. The van der Waals surface area contributed by atoms with Crippen molar-refractivity contribution in [3.63, 3.8) is 0 Å². The van der Waals surface area contributed by atoms with E-state index < -0.39 is 0 Å². The Morgan fingerprint density at radius 1 is 1.12 bits per heavy atom. The molecule has 6 nitrogen and oxygen atoms in total. The van der Waals surface area contributed by atoms with Crippen molar-refractivity contribution in [3.05, 3.63) is 82.4 Å². The highest BCUT2D eigenvalue weighted by molar-refractivity contribution is 7.80. The Balaban J connectivity index is 1.77. The topological polar surface area (TPSA) is 59.4 Å². The molecule has 0 saturated carbocycles. The second-order valence-corrected chi connectivity index (χ2v) is 9.39. The molecular formula is C27H32N4O2S. The fraction of sp³-hybridized carbons (Fsp3) is 0.370. The maximum atomic E-state index is 11.7. The summed E-state index contributed by atoms with van der Waals surface area (Å²) in [5.41, 5.74) is 8.15.